The number of hydrogen-bond donors (Lipinski definition) is 2. The molecule has 2 fully saturated rings. The zero-order valence-corrected chi connectivity index (χ0v) is 16.6. The van der Waals surface area contributed by atoms with Gasteiger partial charge in [-0.2, -0.15) is 0 Å². The molecular formula is C19H29N3O4S. The zero-order chi connectivity index (χ0) is 19.3. The molecule has 7 nitrogen and oxygen atoms in total. The molecule has 0 aromatic heterocycles. The summed E-state index contributed by atoms with van der Waals surface area (Å²) in [5, 5.41) is 2.98. The first kappa shape index (κ1) is 20.1. The van der Waals surface area contributed by atoms with Crippen molar-refractivity contribution in [3.05, 3.63) is 35.9 Å². The molecule has 2 aliphatic heterocycles. The van der Waals surface area contributed by atoms with Crippen molar-refractivity contribution in [2.24, 2.45) is 0 Å². The van der Waals surface area contributed by atoms with Gasteiger partial charge < -0.3 is 15.0 Å². The lowest BCUT2D eigenvalue weighted by Gasteiger charge is -2.36. The molecule has 1 aromatic carbocycles. The highest BCUT2D eigenvalue weighted by Gasteiger charge is 2.30. The van der Waals surface area contributed by atoms with Crippen LogP contribution in [0.5, 0.6) is 0 Å². The quantitative estimate of drug-likeness (QED) is 0.771. The van der Waals surface area contributed by atoms with Crippen LogP contribution in [0.3, 0.4) is 0 Å². The Kier molecular flexibility index (Phi) is 6.73. The van der Waals surface area contributed by atoms with Crippen molar-refractivity contribution in [1.82, 2.24) is 14.9 Å². The van der Waals surface area contributed by atoms with Crippen LogP contribution in [0.2, 0.25) is 0 Å². The van der Waals surface area contributed by atoms with Crippen LogP contribution in [-0.4, -0.2) is 57.4 Å². The van der Waals surface area contributed by atoms with Crippen molar-refractivity contribution in [2.45, 2.75) is 50.4 Å². The number of nitrogens with zero attached hydrogens (tertiary/aromatic N) is 1. The highest BCUT2D eigenvalue weighted by Crippen LogP contribution is 2.32. The molecule has 1 aromatic rings. The smallest absolute Gasteiger partial charge is 0.317 e. The number of amides is 2. The molecule has 0 spiro atoms. The first-order chi connectivity index (χ1) is 12.9. The van der Waals surface area contributed by atoms with E-state index >= 15 is 0 Å². The van der Waals surface area contributed by atoms with Crippen LogP contribution in [0.1, 0.15) is 43.8 Å². The van der Waals surface area contributed by atoms with Gasteiger partial charge in [-0.25, -0.2) is 17.9 Å². The fourth-order valence-electron chi connectivity index (χ4n) is 3.80. The Bertz CT molecular complexity index is 726. The second-order valence-corrected chi connectivity index (χ2v) is 9.22. The minimum Gasteiger partial charge on any atom is -0.368 e. The van der Waals surface area contributed by atoms with Gasteiger partial charge in [-0.05, 0) is 37.7 Å². The summed E-state index contributed by atoms with van der Waals surface area (Å²) in [6.45, 7) is 1.40. The van der Waals surface area contributed by atoms with E-state index in [4.69, 9.17) is 4.74 Å². The highest BCUT2D eigenvalue weighted by atomic mass is 32.2. The molecule has 3 atom stereocenters. The Morgan fingerprint density at radius 2 is 1.93 bits per heavy atom. The van der Waals surface area contributed by atoms with Gasteiger partial charge in [0.1, 0.15) is 0 Å². The van der Waals surface area contributed by atoms with Crippen LogP contribution < -0.4 is 10.0 Å². The Morgan fingerprint density at radius 1 is 1.15 bits per heavy atom. The average Bonchev–Trinajstić information content (AvgIpc) is 3.14. The Labute approximate surface area is 161 Å². The summed E-state index contributed by atoms with van der Waals surface area (Å²) in [5.74, 6) is 0. The molecule has 0 radical (unpaired) electrons. The summed E-state index contributed by atoms with van der Waals surface area (Å²) in [5.41, 5.74) is 1.18. The number of carbonyl (C=O) groups is 1. The van der Waals surface area contributed by atoms with E-state index in [9.17, 15) is 13.2 Å². The van der Waals surface area contributed by atoms with E-state index in [1.165, 1.54) is 5.56 Å². The van der Waals surface area contributed by atoms with Crippen LogP contribution in [0.25, 0.3) is 0 Å². The van der Waals surface area contributed by atoms with Crippen LogP contribution in [-0.2, 0) is 14.8 Å². The molecule has 0 bridgehead atoms. The maximum Gasteiger partial charge on any atom is 0.317 e. The van der Waals surface area contributed by atoms with Crippen LogP contribution in [0.4, 0.5) is 4.79 Å². The number of ether oxygens (including phenoxy) is 1. The molecule has 2 N–H and O–H groups in total. The second kappa shape index (κ2) is 9.03. The lowest BCUT2D eigenvalue weighted by molar-refractivity contribution is 0.0446. The summed E-state index contributed by atoms with van der Waals surface area (Å²) in [6, 6.07) is 9.90. The fraction of sp³-hybridized carbons (Fsp3) is 0.632. The third-order valence-corrected chi connectivity index (χ3v) is 5.92. The van der Waals surface area contributed by atoms with E-state index in [-0.39, 0.29) is 30.8 Å². The number of benzene rings is 1. The second-order valence-electron chi connectivity index (χ2n) is 7.38. The normalized spacial score (nSPS) is 26.1. The van der Waals surface area contributed by atoms with Gasteiger partial charge in [0.05, 0.1) is 18.5 Å². The van der Waals surface area contributed by atoms with Crippen molar-refractivity contribution in [3.8, 4) is 0 Å². The van der Waals surface area contributed by atoms with Crippen LogP contribution >= 0.6 is 0 Å². The van der Waals surface area contributed by atoms with E-state index in [1.54, 1.807) is 4.90 Å². The number of nitrogens with one attached hydrogen (secondary N) is 2. The summed E-state index contributed by atoms with van der Waals surface area (Å²) in [7, 11) is -3.26. The molecule has 8 heteroatoms. The topological polar surface area (TPSA) is 87.7 Å². The first-order valence-electron chi connectivity index (χ1n) is 9.62. The molecule has 150 valence electrons. The molecule has 2 heterocycles. The molecule has 2 amide bonds. The van der Waals surface area contributed by atoms with Gasteiger partial charge in [-0.3, -0.25) is 0 Å². The van der Waals surface area contributed by atoms with Crippen LogP contribution in [0.15, 0.2) is 30.3 Å². The van der Waals surface area contributed by atoms with E-state index in [0.29, 0.717) is 13.1 Å². The summed E-state index contributed by atoms with van der Waals surface area (Å²) in [6.07, 6.45) is 5.87. The van der Waals surface area contributed by atoms with Crippen molar-refractivity contribution in [1.29, 1.82) is 0 Å². The van der Waals surface area contributed by atoms with Gasteiger partial charge in [0.15, 0.2) is 0 Å². The van der Waals surface area contributed by atoms with E-state index in [1.807, 2.05) is 18.2 Å². The van der Waals surface area contributed by atoms with Gasteiger partial charge in [-0.15, -0.1) is 0 Å². The van der Waals surface area contributed by atoms with Crippen molar-refractivity contribution in [2.75, 3.05) is 25.9 Å². The standard InChI is InChI=1S/C19H29N3O4S/c1-27(24,25)21-13-16-9-5-6-12-22(16)19(23)20-14-17-10-11-18(26-17)15-7-3-2-4-8-15/h2-4,7-8,16-18,21H,5-6,9-14H2,1H3,(H,20,23). The molecule has 27 heavy (non-hydrogen) atoms. The molecule has 3 unspecified atom stereocenters. The minimum absolute atomic E-state index is 0.0107. The highest BCUT2D eigenvalue weighted by molar-refractivity contribution is 7.88. The number of urea groups is 1. The number of rotatable bonds is 6. The SMILES string of the molecule is CS(=O)(=O)NCC1CCCCN1C(=O)NCC1CCC(c2ccccc2)O1. The lowest BCUT2D eigenvalue weighted by Crippen LogP contribution is -2.53. The van der Waals surface area contributed by atoms with E-state index in [0.717, 1.165) is 38.4 Å². The first-order valence-corrected chi connectivity index (χ1v) is 11.5. The van der Waals surface area contributed by atoms with E-state index in [2.05, 4.69) is 22.2 Å². The van der Waals surface area contributed by atoms with Crippen LogP contribution in [0, 0.1) is 0 Å². The molecule has 0 aliphatic carbocycles. The lowest BCUT2D eigenvalue weighted by atomic mass is 10.0. The summed E-state index contributed by atoms with van der Waals surface area (Å²) >= 11 is 0. The Hall–Kier alpha value is -1.64. The molecule has 3 rings (SSSR count). The van der Waals surface area contributed by atoms with Crippen molar-refractivity contribution < 1.29 is 17.9 Å². The number of sulfonamides is 1. The predicted octanol–water partition coefficient (Wildman–Crippen LogP) is 2.02. The molecule has 2 aliphatic rings. The Morgan fingerprint density at radius 3 is 2.67 bits per heavy atom. The monoisotopic (exact) mass is 395 g/mol. The average molecular weight is 396 g/mol. The van der Waals surface area contributed by atoms with Gasteiger partial charge in [0, 0.05) is 25.7 Å². The number of carbonyl (C=O) groups excluding carboxylic acids is 1. The van der Waals surface area contributed by atoms with Gasteiger partial charge in [0.25, 0.3) is 0 Å². The fourth-order valence-corrected chi connectivity index (χ4v) is 4.29. The largest absolute Gasteiger partial charge is 0.368 e. The van der Waals surface area contributed by atoms with Crippen molar-refractivity contribution in [3.63, 3.8) is 0 Å². The molecule has 2 saturated heterocycles. The van der Waals surface area contributed by atoms with Gasteiger partial charge in [-0.1, -0.05) is 30.3 Å². The third-order valence-electron chi connectivity index (χ3n) is 5.23. The number of hydrogen-bond acceptors (Lipinski definition) is 4. The van der Waals surface area contributed by atoms with E-state index < -0.39 is 10.0 Å². The predicted molar refractivity (Wildman–Crippen MR) is 104 cm³/mol. The number of piperidine rings is 1. The molecular weight excluding hydrogens is 366 g/mol. The Balaban J connectivity index is 1.48. The zero-order valence-electron chi connectivity index (χ0n) is 15.8. The summed E-state index contributed by atoms with van der Waals surface area (Å²) in [4.78, 5) is 14.4. The minimum atomic E-state index is -3.26. The molecule has 0 saturated carbocycles. The maximum atomic E-state index is 12.6. The maximum absolute atomic E-state index is 12.6. The third kappa shape index (κ3) is 5.92. The van der Waals surface area contributed by atoms with Gasteiger partial charge >= 0.3 is 6.03 Å². The summed E-state index contributed by atoms with van der Waals surface area (Å²) < 4.78 is 31.3. The van der Waals surface area contributed by atoms with Gasteiger partial charge in [0.2, 0.25) is 10.0 Å². The van der Waals surface area contributed by atoms with Crippen molar-refractivity contribution >= 4 is 16.1 Å². The number of likely N-dealkylation sites (tertiary alicyclic amines) is 1.